The van der Waals surface area contributed by atoms with Crippen molar-refractivity contribution in [3.05, 3.63) is 0 Å². The van der Waals surface area contributed by atoms with E-state index in [-0.39, 0.29) is 0 Å². The van der Waals surface area contributed by atoms with Gasteiger partial charge in [-0.25, -0.2) is 0 Å². The van der Waals surface area contributed by atoms with Gasteiger partial charge in [0.05, 0.1) is 0 Å². The fraction of sp³-hybridized carbons (Fsp3) is 1.00. The van der Waals surface area contributed by atoms with Gasteiger partial charge < -0.3 is 9.80 Å². The molecule has 2 heterocycles. The third-order valence-corrected chi connectivity index (χ3v) is 3.44. The van der Waals surface area contributed by atoms with Crippen molar-refractivity contribution in [2.75, 3.05) is 39.8 Å². The first kappa shape index (κ1) is 9.47. The first-order chi connectivity index (χ1) is 6.34. The van der Waals surface area contributed by atoms with Crippen LogP contribution in [0.25, 0.3) is 0 Å². The Morgan fingerprint density at radius 1 is 1.08 bits per heavy atom. The van der Waals surface area contributed by atoms with Crippen molar-refractivity contribution in [1.82, 2.24) is 9.80 Å². The highest BCUT2D eigenvalue weighted by Gasteiger charge is 2.21. The predicted molar refractivity (Wildman–Crippen MR) is 55.9 cm³/mol. The minimum atomic E-state index is 0.955. The van der Waals surface area contributed by atoms with Gasteiger partial charge in [-0.2, -0.15) is 0 Å². The van der Waals surface area contributed by atoms with Crippen LogP contribution in [0.2, 0.25) is 0 Å². The molecule has 0 spiro atoms. The topological polar surface area (TPSA) is 6.48 Å². The third kappa shape index (κ3) is 2.68. The summed E-state index contributed by atoms with van der Waals surface area (Å²) < 4.78 is 0. The first-order valence-corrected chi connectivity index (χ1v) is 5.75. The molecule has 0 amide bonds. The zero-order valence-corrected chi connectivity index (χ0v) is 8.84. The molecule has 2 nitrogen and oxygen atoms in total. The Labute approximate surface area is 81.9 Å². The molecule has 0 radical (unpaired) electrons. The molecule has 0 bridgehead atoms. The van der Waals surface area contributed by atoms with Crippen LogP contribution in [0.3, 0.4) is 0 Å². The maximum Gasteiger partial charge on any atom is 0.00219 e. The van der Waals surface area contributed by atoms with E-state index in [1.54, 1.807) is 0 Å². The zero-order valence-electron chi connectivity index (χ0n) is 8.84. The van der Waals surface area contributed by atoms with Crippen LogP contribution in [-0.2, 0) is 0 Å². The van der Waals surface area contributed by atoms with Crippen molar-refractivity contribution in [3.63, 3.8) is 0 Å². The summed E-state index contributed by atoms with van der Waals surface area (Å²) in [6.45, 7) is 6.73. The van der Waals surface area contributed by atoms with Crippen molar-refractivity contribution >= 4 is 0 Å². The van der Waals surface area contributed by atoms with Crippen LogP contribution in [0.4, 0.5) is 0 Å². The quantitative estimate of drug-likeness (QED) is 0.637. The lowest BCUT2D eigenvalue weighted by molar-refractivity contribution is 0.166. The maximum atomic E-state index is 2.66. The van der Waals surface area contributed by atoms with Crippen molar-refractivity contribution < 1.29 is 0 Å². The normalized spacial score (nSPS) is 32.5. The summed E-state index contributed by atoms with van der Waals surface area (Å²) >= 11 is 0. The lowest BCUT2D eigenvalue weighted by Crippen LogP contribution is -2.38. The molecule has 2 aliphatic heterocycles. The molecule has 2 rings (SSSR count). The van der Waals surface area contributed by atoms with Gasteiger partial charge >= 0.3 is 0 Å². The molecule has 2 fully saturated rings. The van der Waals surface area contributed by atoms with E-state index in [2.05, 4.69) is 16.8 Å². The molecule has 13 heavy (non-hydrogen) atoms. The molecule has 2 heteroatoms. The van der Waals surface area contributed by atoms with Gasteiger partial charge in [0.1, 0.15) is 0 Å². The molecule has 0 aromatic heterocycles. The van der Waals surface area contributed by atoms with E-state index < -0.39 is 0 Å². The third-order valence-electron chi connectivity index (χ3n) is 3.44. The second-order valence-electron chi connectivity index (χ2n) is 4.78. The molecule has 0 aliphatic carbocycles. The Bertz CT molecular complexity index is 152. The molecule has 1 atom stereocenters. The minimum absolute atomic E-state index is 0.955. The summed E-state index contributed by atoms with van der Waals surface area (Å²) in [6.07, 6.45) is 5.74. The average Bonchev–Trinajstić information content (AvgIpc) is 2.57. The summed E-state index contributed by atoms with van der Waals surface area (Å²) in [6, 6.07) is 0. The van der Waals surface area contributed by atoms with Crippen LogP contribution < -0.4 is 0 Å². The smallest absolute Gasteiger partial charge is 0.00219 e. The van der Waals surface area contributed by atoms with E-state index in [0.29, 0.717) is 0 Å². The Hall–Kier alpha value is -0.0800. The summed E-state index contributed by atoms with van der Waals surface area (Å²) in [7, 11) is 2.26. The number of nitrogens with zero attached hydrogens (tertiary/aromatic N) is 2. The van der Waals surface area contributed by atoms with Gasteiger partial charge in [-0.1, -0.05) is 0 Å². The molecule has 76 valence electrons. The van der Waals surface area contributed by atoms with Crippen LogP contribution in [0.1, 0.15) is 25.7 Å². The van der Waals surface area contributed by atoms with Crippen LogP contribution in [-0.4, -0.2) is 49.6 Å². The average molecular weight is 182 g/mol. The second kappa shape index (κ2) is 4.43. The Morgan fingerprint density at radius 2 is 1.85 bits per heavy atom. The lowest BCUT2D eigenvalue weighted by atomic mass is 9.98. The van der Waals surface area contributed by atoms with Gasteiger partial charge in [-0.15, -0.1) is 0 Å². The highest BCUT2D eigenvalue weighted by molar-refractivity contribution is 4.76. The van der Waals surface area contributed by atoms with E-state index in [1.807, 2.05) is 0 Å². The van der Waals surface area contributed by atoms with Crippen LogP contribution >= 0.6 is 0 Å². The lowest BCUT2D eigenvalue weighted by Gasteiger charge is -2.32. The maximum absolute atomic E-state index is 2.66. The molecule has 2 saturated heterocycles. The second-order valence-corrected chi connectivity index (χ2v) is 4.78. The van der Waals surface area contributed by atoms with Gasteiger partial charge in [-0.05, 0) is 58.3 Å². The van der Waals surface area contributed by atoms with E-state index in [9.17, 15) is 0 Å². The fourth-order valence-electron chi connectivity index (χ4n) is 2.75. The van der Waals surface area contributed by atoms with E-state index in [1.165, 1.54) is 58.4 Å². The summed E-state index contributed by atoms with van der Waals surface area (Å²) in [5.41, 5.74) is 0. The highest BCUT2D eigenvalue weighted by Crippen LogP contribution is 2.18. The Kier molecular flexibility index (Phi) is 3.23. The number of rotatable bonds is 2. The summed E-state index contributed by atoms with van der Waals surface area (Å²) in [5, 5.41) is 0. The van der Waals surface area contributed by atoms with Crippen LogP contribution in [0, 0.1) is 5.92 Å². The monoisotopic (exact) mass is 182 g/mol. The number of hydrogen-bond acceptors (Lipinski definition) is 2. The van der Waals surface area contributed by atoms with Crippen molar-refractivity contribution in [1.29, 1.82) is 0 Å². The van der Waals surface area contributed by atoms with Crippen molar-refractivity contribution in [3.8, 4) is 0 Å². The van der Waals surface area contributed by atoms with Crippen LogP contribution in [0.5, 0.6) is 0 Å². The molecule has 0 aromatic carbocycles. The summed E-state index contributed by atoms with van der Waals surface area (Å²) in [4.78, 5) is 5.15. The molecular formula is C11H22N2. The van der Waals surface area contributed by atoms with Crippen LogP contribution in [0.15, 0.2) is 0 Å². The van der Waals surface area contributed by atoms with Crippen molar-refractivity contribution in [2.45, 2.75) is 25.7 Å². The molecule has 0 aromatic rings. The largest absolute Gasteiger partial charge is 0.306 e. The van der Waals surface area contributed by atoms with Crippen molar-refractivity contribution in [2.24, 2.45) is 5.92 Å². The number of hydrogen-bond donors (Lipinski definition) is 0. The van der Waals surface area contributed by atoms with Gasteiger partial charge in [0.15, 0.2) is 0 Å². The van der Waals surface area contributed by atoms with Gasteiger partial charge in [-0.3, -0.25) is 0 Å². The van der Waals surface area contributed by atoms with E-state index in [4.69, 9.17) is 0 Å². The number of piperidine rings is 1. The van der Waals surface area contributed by atoms with E-state index in [0.717, 1.165) is 5.92 Å². The Morgan fingerprint density at radius 3 is 2.54 bits per heavy atom. The molecule has 0 N–H and O–H groups in total. The number of likely N-dealkylation sites (tertiary alicyclic amines) is 2. The summed E-state index contributed by atoms with van der Waals surface area (Å²) in [5.74, 6) is 0.955. The van der Waals surface area contributed by atoms with Gasteiger partial charge in [0.2, 0.25) is 0 Å². The van der Waals surface area contributed by atoms with E-state index >= 15 is 0 Å². The molecule has 0 unspecified atom stereocenters. The Balaban J connectivity index is 1.73. The minimum Gasteiger partial charge on any atom is -0.306 e. The molecule has 0 saturated carbocycles. The zero-order chi connectivity index (χ0) is 9.10. The molecular weight excluding hydrogens is 160 g/mol. The van der Waals surface area contributed by atoms with Gasteiger partial charge in [0, 0.05) is 13.1 Å². The fourth-order valence-corrected chi connectivity index (χ4v) is 2.75. The van der Waals surface area contributed by atoms with Gasteiger partial charge in [0.25, 0.3) is 0 Å². The highest BCUT2D eigenvalue weighted by atomic mass is 15.2. The standard InChI is InChI=1S/C11H22N2/c1-12-6-4-5-11(9-12)10-13-7-2-3-8-13/h11H,2-10H2,1H3/t11-/m0/s1. The predicted octanol–water partition coefficient (Wildman–Crippen LogP) is 1.42. The molecule has 2 aliphatic rings. The first-order valence-electron chi connectivity index (χ1n) is 5.75. The SMILES string of the molecule is CN1CCC[C@H](CN2CCCC2)C1.